The highest BCUT2D eigenvalue weighted by Gasteiger charge is 2.20. The predicted octanol–water partition coefficient (Wildman–Crippen LogP) is 3.28. The van der Waals surface area contributed by atoms with E-state index >= 15 is 0 Å². The van der Waals surface area contributed by atoms with Crippen LogP contribution in [0, 0.1) is 20.8 Å². The van der Waals surface area contributed by atoms with Crippen LogP contribution in [0.5, 0.6) is 0 Å². The van der Waals surface area contributed by atoms with Gasteiger partial charge in [0.2, 0.25) is 5.91 Å². The molecule has 0 aliphatic rings. The zero-order valence-electron chi connectivity index (χ0n) is 18.6. The molecule has 0 aliphatic carbocycles. The van der Waals surface area contributed by atoms with Crippen LogP contribution in [-0.4, -0.2) is 48.6 Å². The minimum absolute atomic E-state index is 0.0609. The molecule has 2 aromatic heterocycles. The number of rotatable bonds is 7. The zero-order valence-corrected chi connectivity index (χ0v) is 18.6. The normalized spacial score (nSPS) is 11.1. The minimum atomic E-state index is -0.0866. The van der Waals surface area contributed by atoms with Crippen molar-refractivity contribution in [2.45, 2.75) is 33.7 Å². The van der Waals surface area contributed by atoms with E-state index in [2.05, 4.69) is 15.1 Å². The number of hydrogen-bond acceptors (Lipinski definition) is 5. The Morgan fingerprint density at radius 3 is 2.53 bits per heavy atom. The van der Waals surface area contributed by atoms with Gasteiger partial charge in [-0.05, 0) is 32.4 Å². The molecular formula is C25H27N5O2. The minimum Gasteiger partial charge on any atom is -0.395 e. The lowest BCUT2D eigenvalue weighted by atomic mass is 10.1. The molecule has 4 aromatic rings. The number of aryl methyl sites for hydroxylation is 3. The molecule has 2 heterocycles. The van der Waals surface area contributed by atoms with Gasteiger partial charge in [0.1, 0.15) is 0 Å². The molecule has 0 atom stereocenters. The SMILES string of the molecule is Cc1cccc(-c2nc3nc(C)c(CC(=O)N(CCO)Cc4ccccc4)c(C)n3n2)c1. The largest absolute Gasteiger partial charge is 0.395 e. The molecule has 0 bridgehead atoms. The van der Waals surface area contributed by atoms with E-state index in [1.54, 1.807) is 9.42 Å². The van der Waals surface area contributed by atoms with E-state index < -0.39 is 0 Å². The van der Waals surface area contributed by atoms with E-state index in [9.17, 15) is 9.90 Å². The van der Waals surface area contributed by atoms with Gasteiger partial charge < -0.3 is 10.0 Å². The summed E-state index contributed by atoms with van der Waals surface area (Å²) in [7, 11) is 0. The molecule has 1 N–H and O–H groups in total. The number of hydrogen-bond donors (Lipinski definition) is 1. The molecule has 0 saturated carbocycles. The first-order chi connectivity index (χ1) is 15.5. The number of carbonyl (C=O) groups is 1. The Morgan fingerprint density at radius 1 is 1.03 bits per heavy atom. The van der Waals surface area contributed by atoms with Gasteiger partial charge in [-0.3, -0.25) is 4.79 Å². The predicted molar refractivity (Wildman–Crippen MR) is 123 cm³/mol. The first-order valence-electron chi connectivity index (χ1n) is 10.7. The Morgan fingerprint density at radius 2 is 1.81 bits per heavy atom. The number of nitrogens with zero attached hydrogens (tertiary/aromatic N) is 5. The molecule has 32 heavy (non-hydrogen) atoms. The summed E-state index contributed by atoms with van der Waals surface area (Å²) in [5, 5.41) is 14.1. The monoisotopic (exact) mass is 429 g/mol. The van der Waals surface area contributed by atoms with Crippen LogP contribution >= 0.6 is 0 Å². The standard InChI is InChI=1S/C25H27N5O2/c1-17-8-7-11-21(14-17)24-27-25-26-18(2)22(19(3)30(25)28-24)15-23(32)29(12-13-31)16-20-9-5-4-6-10-20/h4-11,14,31H,12-13,15-16H2,1-3H3. The molecule has 0 unspecified atom stereocenters. The third kappa shape index (κ3) is 4.53. The van der Waals surface area contributed by atoms with Gasteiger partial charge in [0.05, 0.1) is 13.0 Å². The molecule has 2 aromatic carbocycles. The van der Waals surface area contributed by atoms with Crippen molar-refractivity contribution < 1.29 is 9.90 Å². The molecular weight excluding hydrogens is 402 g/mol. The van der Waals surface area contributed by atoms with Crippen LogP contribution in [0.1, 0.15) is 28.1 Å². The van der Waals surface area contributed by atoms with E-state index in [4.69, 9.17) is 0 Å². The summed E-state index contributed by atoms with van der Waals surface area (Å²) in [6.07, 6.45) is 0.188. The van der Waals surface area contributed by atoms with E-state index in [-0.39, 0.29) is 25.5 Å². The van der Waals surface area contributed by atoms with E-state index in [0.717, 1.165) is 33.6 Å². The number of aromatic nitrogens is 4. The molecule has 0 spiro atoms. The number of benzene rings is 2. The molecule has 0 radical (unpaired) electrons. The van der Waals surface area contributed by atoms with Crippen LogP contribution in [0.2, 0.25) is 0 Å². The Labute approximate surface area is 187 Å². The first kappa shape index (κ1) is 21.6. The van der Waals surface area contributed by atoms with Crippen molar-refractivity contribution in [1.82, 2.24) is 24.5 Å². The lowest BCUT2D eigenvalue weighted by Gasteiger charge is -2.23. The third-order valence-electron chi connectivity index (χ3n) is 5.59. The van der Waals surface area contributed by atoms with Crippen LogP contribution < -0.4 is 0 Å². The first-order valence-corrected chi connectivity index (χ1v) is 10.7. The van der Waals surface area contributed by atoms with Crippen molar-refractivity contribution >= 4 is 11.7 Å². The number of aliphatic hydroxyl groups excluding tert-OH is 1. The fraction of sp³-hybridized carbons (Fsp3) is 0.280. The second-order valence-corrected chi connectivity index (χ2v) is 7.98. The van der Waals surface area contributed by atoms with Crippen molar-refractivity contribution in [1.29, 1.82) is 0 Å². The Hall–Kier alpha value is -3.58. The van der Waals surface area contributed by atoms with Gasteiger partial charge in [0.15, 0.2) is 5.82 Å². The molecule has 7 nitrogen and oxygen atoms in total. The van der Waals surface area contributed by atoms with Gasteiger partial charge in [0.25, 0.3) is 5.78 Å². The second kappa shape index (κ2) is 9.28. The Balaban J connectivity index is 1.63. The van der Waals surface area contributed by atoms with Gasteiger partial charge in [-0.25, -0.2) is 9.50 Å². The Kier molecular flexibility index (Phi) is 6.28. The van der Waals surface area contributed by atoms with Gasteiger partial charge in [0, 0.05) is 35.6 Å². The summed E-state index contributed by atoms with van der Waals surface area (Å²) in [5.74, 6) is 1.07. The number of carbonyl (C=O) groups excluding carboxylic acids is 1. The highest BCUT2D eigenvalue weighted by Crippen LogP contribution is 2.21. The summed E-state index contributed by atoms with van der Waals surface area (Å²) in [6.45, 7) is 6.51. The summed E-state index contributed by atoms with van der Waals surface area (Å²) < 4.78 is 1.71. The lowest BCUT2D eigenvalue weighted by Crippen LogP contribution is -2.34. The van der Waals surface area contributed by atoms with E-state index in [0.29, 0.717) is 18.1 Å². The summed E-state index contributed by atoms with van der Waals surface area (Å²) in [5.41, 5.74) is 5.53. The van der Waals surface area contributed by atoms with Crippen molar-refractivity contribution in [3.63, 3.8) is 0 Å². The molecule has 7 heteroatoms. The van der Waals surface area contributed by atoms with Gasteiger partial charge >= 0.3 is 0 Å². The van der Waals surface area contributed by atoms with Crippen LogP contribution in [0.4, 0.5) is 0 Å². The summed E-state index contributed by atoms with van der Waals surface area (Å²) in [4.78, 5) is 24.0. The van der Waals surface area contributed by atoms with Crippen LogP contribution in [0.15, 0.2) is 54.6 Å². The second-order valence-electron chi connectivity index (χ2n) is 7.98. The molecule has 164 valence electrons. The smallest absolute Gasteiger partial charge is 0.253 e. The number of aliphatic hydroxyl groups is 1. The van der Waals surface area contributed by atoms with Crippen molar-refractivity contribution in [3.8, 4) is 11.4 Å². The number of fused-ring (bicyclic) bond motifs is 1. The van der Waals surface area contributed by atoms with Crippen molar-refractivity contribution in [3.05, 3.63) is 82.7 Å². The average molecular weight is 430 g/mol. The zero-order chi connectivity index (χ0) is 22.7. The van der Waals surface area contributed by atoms with E-state index in [1.807, 2.05) is 75.4 Å². The maximum absolute atomic E-state index is 13.2. The molecule has 4 rings (SSSR count). The van der Waals surface area contributed by atoms with Crippen molar-refractivity contribution in [2.75, 3.05) is 13.2 Å². The van der Waals surface area contributed by atoms with Gasteiger partial charge in [-0.15, -0.1) is 5.10 Å². The number of amides is 1. The Bertz CT molecular complexity index is 1250. The molecule has 0 saturated heterocycles. The third-order valence-corrected chi connectivity index (χ3v) is 5.59. The maximum Gasteiger partial charge on any atom is 0.253 e. The molecule has 0 aliphatic heterocycles. The summed E-state index contributed by atoms with van der Waals surface area (Å²) >= 11 is 0. The fourth-order valence-corrected chi connectivity index (χ4v) is 3.85. The van der Waals surface area contributed by atoms with Gasteiger partial charge in [-0.1, -0.05) is 54.1 Å². The highest BCUT2D eigenvalue weighted by atomic mass is 16.3. The van der Waals surface area contributed by atoms with Crippen LogP contribution in [0.25, 0.3) is 17.2 Å². The van der Waals surface area contributed by atoms with Gasteiger partial charge in [-0.2, -0.15) is 4.98 Å². The fourth-order valence-electron chi connectivity index (χ4n) is 3.85. The maximum atomic E-state index is 13.2. The van der Waals surface area contributed by atoms with Crippen molar-refractivity contribution in [2.24, 2.45) is 0 Å². The molecule has 1 amide bonds. The molecule has 0 fully saturated rings. The highest BCUT2D eigenvalue weighted by molar-refractivity contribution is 5.79. The van der Waals surface area contributed by atoms with Crippen LogP contribution in [0.3, 0.4) is 0 Å². The topological polar surface area (TPSA) is 83.6 Å². The van der Waals surface area contributed by atoms with E-state index in [1.165, 1.54) is 0 Å². The lowest BCUT2D eigenvalue weighted by molar-refractivity contribution is -0.131. The average Bonchev–Trinajstić information content (AvgIpc) is 3.21. The summed E-state index contributed by atoms with van der Waals surface area (Å²) in [6, 6.07) is 17.8. The quantitative estimate of drug-likeness (QED) is 0.487. The van der Waals surface area contributed by atoms with Crippen LogP contribution in [-0.2, 0) is 17.8 Å².